The second kappa shape index (κ2) is 4.93. The molecule has 3 aliphatic rings. The van der Waals surface area contributed by atoms with E-state index < -0.39 is 0 Å². The normalized spacial score (nSPS) is 26.6. The first-order valence-corrected chi connectivity index (χ1v) is 7.88. The summed E-state index contributed by atoms with van der Waals surface area (Å²) in [6.07, 6.45) is 5.09. The molecule has 4 rings (SSSR count). The van der Waals surface area contributed by atoms with E-state index >= 15 is 0 Å². The van der Waals surface area contributed by atoms with Gasteiger partial charge in [-0.05, 0) is 42.9 Å². The molecule has 4 heteroatoms. The quantitative estimate of drug-likeness (QED) is 0.837. The molecule has 1 aromatic carbocycles. The van der Waals surface area contributed by atoms with Crippen LogP contribution in [0.2, 0.25) is 0 Å². The SMILES string of the molecule is COc1cc2c(cc1OC)C1=NCC3CCCC3N1CC2. The number of benzene rings is 1. The van der Waals surface area contributed by atoms with Crippen LogP contribution in [0.4, 0.5) is 0 Å². The molecule has 0 amide bonds. The highest BCUT2D eigenvalue weighted by Gasteiger charge is 2.39. The Morgan fingerprint density at radius 1 is 1.14 bits per heavy atom. The molecule has 1 fully saturated rings. The number of ether oxygens (including phenoxy) is 2. The van der Waals surface area contributed by atoms with Crippen molar-refractivity contribution in [3.05, 3.63) is 23.3 Å². The van der Waals surface area contributed by atoms with Crippen molar-refractivity contribution in [2.75, 3.05) is 27.3 Å². The van der Waals surface area contributed by atoms with E-state index in [4.69, 9.17) is 14.5 Å². The van der Waals surface area contributed by atoms with E-state index in [1.54, 1.807) is 14.2 Å². The highest BCUT2D eigenvalue weighted by Crippen LogP contribution is 2.39. The number of amidine groups is 1. The molecule has 4 nitrogen and oxygen atoms in total. The van der Waals surface area contributed by atoms with Crippen LogP contribution in [-0.4, -0.2) is 44.1 Å². The van der Waals surface area contributed by atoms with E-state index in [0.717, 1.165) is 36.9 Å². The van der Waals surface area contributed by atoms with Crippen molar-refractivity contribution in [2.24, 2.45) is 10.9 Å². The van der Waals surface area contributed by atoms with Crippen LogP contribution in [0.15, 0.2) is 17.1 Å². The van der Waals surface area contributed by atoms with Crippen molar-refractivity contribution in [3.8, 4) is 11.5 Å². The zero-order valence-corrected chi connectivity index (χ0v) is 12.8. The Bertz CT molecular complexity index is 597. The van der Waals surface area contributed by atoms with Gasteiger partial charge in [0.25, 0.3) is 0 Å². The fraction of sp³-hybridized carbons (Fsp3) is 0.588. The fourth-order valence-electron chi connectivity index (χ4n) is 4.18. The number of methoxy groups -OCH3 is 2. The van der Waals surface area contributed by atoms with Crippen LogP contribution in [0.3, 0.4) is 0 Å². The summed E-state index contributed by atoms with van der Waals surface area (Å²) in [7, 11) is 3.39. The molecule has 0 saturated heterocycles. The van der Waals surface area contributed by atoms with Gasteiger partial charge in [0.15, 0.2) is 11.5 Å². The number of fused-ring (bicyclic) bond motifs is 5. The summed E-state index contributed by atoms with van der Waals surface area (Å²) in [5.74, 6) is 3.57. The largest absolute Gasteiger partial charge is 0.493 e. The van der Waals surface area contributed by atoms with Gasteiger partial charge in [-0.1, -0.05) is 6.42 Å². The van der Waals surface area contributed by atoms with Gasteiger partial charge in [0.2, 0.25) is 0 Å². The van der Waals surface area contributed by atoms with E-state index in [1.807, 2.05) is 0 Å². The molecule has 2 aliphatic heterocycles. The minimum absolute atomic E-state index is 0.707. The molecule has 2 unspecified atom stereocenters. The van der Waals surface area contributed by atoms with E-state index in [-0.39, 0.29) is 0 Å². The zero-order chi connectivity index (χ0) is 14.4. The molecule has 0 radical (unpaired) electrons. The Balaban J connectivity index is 1.78. The van der Waals surface area contributed by atoms with E-state index in [9.17, 15) is 0 Å². The van der Waals surface area contributed by atoms with Gasteiger partial charge in [-0.25, -0.2) is 0 Å². The monoisotopic (exact) mass is 286 g/mol. The summed E-state index contributed by atoms with van der Waals surface area (Å²) in [4.78, 5) is 7.46. The summed E-state index contributed by atoms with van der Waals surface area (Å²) in [6, 6.07) is 4.93. The lowest BCUT2D eigenvalue weighted by Gasteiger charge is -2.42. The molecule has 0 bridgehead atoms. The van der Waals surface area contributed by atoms with Crippen LogP contribution in [0.25, 0.3) is 0 Å². The predicted molar refractivity (Wildman–Crippen MR) is 82.5 cm³/mol. The lowest BCUT2D eigenvalue weighted by Crippen LogP contribution is -2.50. The van der Waals surface area contributed by atoms with Gasteiger partial charge in [0, 0.05) is 24.7 Å². The number of hydrogen-bond donors (Lipinski definition) is 0. The third kappa shape index (κ3) is 1.92. The Morgan fingerprint density at radius 3 is 2.76 bits per heavy atom. The number of nitrogens with zero attached hydrogens (tertiary/aromatic N) is 2. The third-order valence-corrected chi connectivity index (χ3v) is 5.24. The molecule has 1 aliphatic carbocycles. The molecule has 112 valence electrons. The number of aliphatic imine (C=N–C) groups is 1. The third-order valence-electron chi connectivity index (χ3n) is 5.24. The summed E-state index contributed by atoms with van der Waals surface area (Å²) in [6.45, 7) is 2.08. The summed E-state index contributed by atoms with van der Waals surface area (Å²) in [5.41, 5.74) is 2.57. The first kappa shape index (κ1) is 13.0. The van der Waals surface area contributed by atoms with Crippen molar-refractivity contribution >= 4 is 5.84 Å². The highest BCUT2D eigenvalue weighted by molar-refractivity contribution is 6.02. The van der Waals surface area contributed by atoms with Gasteiger partial charge < -0.3 is 14.4 Å². The molecule has 2 atom stereocenters. The van der Waals surface area contributed by atoms with Crippen LogP contribution < -0.4 is 9.47 Å². The number of rotatable bonds is 2. The first-order valence-electron chi connectivity index (χ1n) is 7.88. The molecule has 1 aromatic rings. The lowest BCUT2D eigenvalue weighted by molar-refractivity contribution is 0.237. The van der Waals surface area contributed by atoms with Crippen molar-refractivity contribution in [3.63, 3.8) is 0 Å². The summed E-state index contributed by atoms with van der Waals surface area (Å²) >= 11 is 0. The fourth-order valence-corrected chi connectivity index (χ4v) is 4.18. The lowest BCUT2D eigenvalue weighted by atomic mass is 9.91. The van der Waals surface area contributed by atoms with Gasteiger partial charge in [-0.15, -0.1) is 0 Å². The zero-order valence-electron chi connectivity index (χ0n) is 12.8. The van der Waals surface area contributed by atoms with Crippen LogP contribution in [0, 0.1) is 5.92 Å². The molecule has 2 heterocycles. The first-order chi connectivity index (χ1) is 10.3. The molecule has 0 aromatic heterocycles. The Labute approximate surface area is 125 Å². The van der Waals surface area contributed by atoms with Gasteiger partial charge >= 0.3 is 0 Å². The van der Waals surface area contributed by atoms with Crippen molar-refractivity contribution in [1.29, 1.82) is 0 Å². The van der Waals surface area contributed by atoms with Crippen LogP contribution in [0.5, 0.6) is 11.5 Å². The van der Waals surface area contributed by atoms with Crippen LogP contribution in [0.1, 0.15) is 30.4 Å². The summed E-state index contributed by atoms with van der Waals surface area (Å²) < 4.78 is 10.9. The smallest absolute Gasteiger partial charge is 0.161 e. The molecule has 0 N–H and O–H groups in total. The average molecular weight is 286 g/mol. The van der Waals surface area contributed by atoms with Crippen molar-refractivity contribution < 1.29 is 9.47 Å². The summed E-state index contributed by atoms with van der Waals surface area (Å²) in [5, 5.41) is 0. The second-order valence-corrected chi connectivity index (χ2v) is 6.23. The van der Waals surface area contributed by atoms with Crippen LogP contribution in [-0.2, 0) is 6.42 Å². The van der Waals surface area contributed by atoms with Crippen LogP contribution >= 0.6 is 0 Å². The van der Waals surface area contributed by atoms with Gasteiger partial charge in [0.05, 0.1) is 14.2 Å². The minimum Gasteiger partial charge on any atom is -0.493 e. The van der Waals surface area contributed by atoms with Gasteiger partial charge in [-0.2, -0.15) is 0 Å². The number of hydrogen-bond acceptors (Lipinski definition) is 4. The van der Waals surface area contributed by atoms with Gasteiger partial charge in [-0.3, -0.25) is 4.99 Å². The van der Waals surface area contributed by atoms with E-state index in [1.165, 1.54) is 36.2 Å². The maximum Gasteiger partial charge on any atom is 0.161 e. The molecular formula is C17H22N2O2. The average Bonchev–Trinajstić information content (AvgIpc) is 3.01. The topological polar surface area (TPSA) is 34.1 Å². The standard InChI is InChI=1S/C17H22N2O2/c1-20-15-8-11-6-7-19-14-5-3-4-12(14)10-18-17(19)13(11)9-16(15)21-2/h8-9,12,14H,3-7,10H2,1-2H3. The molecule has 21 heavy (non-hydrogen) atoms. The Hall–Kier alpha value is -1.71. The molecule has 1 saturated carbocycles. The molecule has 0 spiro atoms. The van der Waals surface area contributed by atoms with Crippen molar-refractivity contribution in [1.82, 2.24) is 4.90 Å². The Kier molecular flexibility index (Phi) is 3.05. The maximum absolute atomic E-state index is 5.47. The predicted octanol–water partition coefficient (Wildman–Crippen LogP) is 2.49. The van der Waals surface area contributed by atoms with E-state index in [0.29, 0.717) is 6.04 Å². The van der Waals surface area contributed by atoms with Gasteiger partial charge in [0.1, 0.15) is 5.84 Å². The van der Waals surface area contributed by atoms with Crippen molar-refractivity contribution in [2.45, 2.75) is 31.7 Å². The maximum atomic E-state index is 5.47. The van der Waals surface area contributed by atoms with E-state index in [2.05, 4.69) is 17.0 Å². The molecular weight excluding hydrogens is 264 g/mol. The Morgan fingerprint density at radius 2 is 1.95 bits per heavy atom. The highest BCUT2D eigenvalue weighted by atomic mass is 16.5. The second-order valence-electron chi connectivity index (χ2n) is 6.23. The minimum atomic E-state index is 0.707.